The Morgan fingerprint density at radius 2 is 2.19 bits per heavy atom. The summed E-state index contributed by atoms with van der Waals surface area (Å²) < 4.78 is 0. The fourth-order valence-electron chi connectivity index (χ4n) is 3.73. The van der Waals surface area contributed by atoms with Crippen LogP contribution in [0.2, 0.25) is 0 Å². The molecule has 21 heavy (non-hydrogen) atoms. The molecule has 3 unspecified atom stereocenters. The number of aryl methyl sites for hydroxylation is 1. The van der Waals surface area contributed by atoms with Crippen molar-refractivity contribution in [2.75, 3.05) is 38.6 Å². The number of hydrogen-bond donors (Lipinski definition) is 1. The van der Waals surface area contributed by atoms with Crippen molar-refractivity contribution in [2.24, 2.45) is 17.6 Å². The van der Waals surface area contributed by atoms with Crippen LogP contribution in [-0.4, -0.2) is 38.6 Å². The first-order chi connectivity index (χ1) is 10.1. The van der Waals surface area contributed by atoms with Crippen molar-refractivity contribution in [1.29, 1.82) is 0 Å². The Labute approximate surface area is 129 Å². The Morgan fingerprint density at radius 3 is 2.86 bits per heavy atom. The number of fused-ring (bicyclic) bond motifs is 1. The maximum atomic E-state index is 6.09. The van der Waals surface area contributed by atoms with E-state index in [1.165, 1.54) is 49.2 Å². The molecule has 0 amide bonds. The summed E-state index contributed by atoms with van der Waals surface area (Å²) in [5.41, 5.74) is 10.4. The van der Waals surface area contributed by atoms with Gasteiger partial charge in [0.25, 0.3) is 0 Å². The molecule has 0 aromatic heterocycles. The van der Waals surface area contributed by atoms with Gasteiger partial charge in [0.1, 0.15) is 0 Å². The van der Waals surface area contributed by atoms with Crippen LogP contribution in [-0.2, 0) is 6.42 Å². The highest BCUT2D eigenvalue weighted by molar-refractivity contribution is 5.56. The Hall–Kier alpha value is -1.06. The van der Waals surface area contributed by atoms with E-state index in [-0.39, 0.29) is 0 Å². The zero-order valence-electron chi connectivity index (χ0n) is 13.7. The molecule has 3 nitrogen and oxygen atoms in total. The van der Waals surface area contributed by atoms with Crippen molar-refractivity contribution in [3.8, 4) is 0 Å². The van der Waals surface area contributed by atoms with Gasteiger partial charge in [-0.05, 0) is 55.3 Å². The Morgan fingerprint density at radius 1 is 1.43 bits per heavy atom. The number of benzene rings is 1. The second-order valence-corrected chi connectivity index (χ2v) is 7.08. The molecule has 2 aliphatic rings. The van der Waals surface area contributed by atoms with Crippen LogP contribution in [0.15, 0.2) is 18.2 Å². The number of hydrogen-bond acceptors (Lipinski definition) is 3. The maximum Gasteiger partial charge on any atom is 0.0467 e. The fourth-order valence-corrected chi connectivity index (χ4v) is 3.73. The number of nitrogens with zero attached hydrogens (tertiary/aromatic N) is 2. The molecule has 1 saturated carbocycles. The molecule has 0 saturated heterocycles. The first kappa shape index (κ1) is 14.9. The normalized spacial score (nSPS) is 25.9. The molecule has 1 fully saturated rings. The minimum absolute atomic E-state index is 0.357. The van der Waals surface area contributed by atoms with Gasteiger partial charge in [-0.15, -0.1) is 0 Å². The van der Waals surface area contributed by atoms with E-state index < -0.39 is 0 Å². The summed E-state index contributed by atoms with van der Waals surface area (Å²) in [5.74, 6) is 1.79. The molecule has 1 heterocycles. The van der Waals surface area contributed by atoms with Crippen LogP contribution in [0.3, 0.4) is 0 Å². The maximum absolute atomic E-state index is 6.09. The third kappa shape index (κ3) is 3.09. The van der Waals surface area contributed by atoms with E-state index in [4.69, 9.17) is 5.73 Å². The van der Waals surface area contributed by atoms with Gasteiger partial charge in [-0.25, -0.2) is 0 Å². The van der Waals surface area contributed by atoms with Crippen molar-refractivity contribution in [3.05, 3.63) is 29.3 Å². The summed E-state index contributed by atoms with van der Waals surface area (Å²) in [4.78, 5) is 4.83. The number of likely N-dealkylation sites (N-methyl/N-ethyl adjacent to an activating group) is 1. The SMILES string of the molecule is CC1CC1CN(C)C(CN)c1ccc2c(c1)CCCN2C. The van der Waals surface area contributed by atoms with Crippen LogP contribution >= 0.6 is 0 Å². The molecule has 1 aliphatic heterocycles. The summed E-state index contributed by atoms with van der Waals surface area (Å²) in [6, 6.07) is 7.33. The minimum atomic E-state index is 0.357. The third-order valence-corrected chi connectivity index (χ3v) is 5.39. The van der Waals surface area contributed by atoms with Gasteiger partial charge in [0, 0.05) is 38.4 Å². The van der Waals surface area contributed by atoms with Gasteiger partial charge in [-0.2, -0.15) is 0 Å². The molecule has 0 radical (unpaired) electrons. The lowest BCUT2D eigenvalue weighted by molar-refractivity contribution is 0.237. The second-order valence-electron chi connectivity index (χ2n) is 7.08. The smallest absolute Gasteiger partial charge is 0.0467 e. The van der Waals surface area contributed by atoms with Gasteiger partial charge < -0.3 is 10.6 Å². The van der Waals surface area contributed by atoms with Gasteiger partial charge in [0.2, 0.25) is 0 Å². The predicted molar refractivity (Wildman–Crippen MR) is 89.7 cm³/mol. The van der Waals surface area contributed by atoms with E-state index in [1.54, 1.807) is 0 Å². The lowest BCUT2D eigenvalue weighted by Crippen LogP contribution is -2.32. The van der Waals surface area contributed by atoms with Crippen molar-refractivity contribution >= 4 is 5.69 Å². The average molecular weight is 287 g/mol. The number of anilines is 1. The topological polar surface area (TPSA) is 32.5 Å². The van der Waals surface area contributed by atoms with E-state index in [9.17, 15) is 0 Å². The van der Waals surface area contributed by atoms with Gasteiger partial charge in [-0.1, -0.05) is 19.1 Å². The zero-order valence-corrected chi connectivity index (χ0v) is 13.7. The molecule has 1 aliphatic carbocycles. The molecule has 1 aromatic carbocycles. The predicted octanol–water partition coefficient (Wildman–Crippen LogP) is 2.66. The lowest BCUT2D eigenvalue weighted by Gasteiger charge is -2.31. The molecular weight excluding hydrogens is 258 g/mol. The van der Waals surface area contributed by atoms with Crippen LogP contribution in [0.1, 0.15) is 36.9 Å². The van der Waals surface area contributed by atoms with E-state index >= 15 is 0 Å². The van der Waals surface area contributed by atoms with Crippen molar-refractivity contribution < 1.29 is 0 Å². The lowest BCUT2D eigenvalue weighted by atomic mass is 9.96. The quantitative estimate of drug-likeness (QED) is 0.903. The molecule has 3 heteroatoms. The molecular formula is C18H29N3. The van der Waals surface area contributed by atoms with Crippen LogP contribution in [0, 0.1) is 11.8 Å². The van der Waals surface area contributed by atoms with Crippen LogP contribution in [0.25, 0.3) is 0 Å². The van der Waals surface area contributed by atoms with Crippen LogP contribution in [0.5, 0.6) is 0 Å². The monoisotopic (exact) mass is 287 g/mol. The summed E-state index contributed by atoms with van der Waals surface area (Å²) >= 11 is 0. The Bertz CT molecular complexity index is 499. The molecule has 116 valence electrons. The van der Waals surface area contributed by atoms with E-state index in [0.717, 1.165) is 11.8 Å². The highest BCUT2D eigenvalue weighted by Crippen LogP contribution is 2.39. The number of nitrogens with two attached hydrogens (primary N) is 1. The van der Waals surface area contributed by atoms with Gasteiger partial charge in [0.15, 0.2) is 0 Å². The second kappa shape index (κ2) is 5.98. The standard InChI is InChI=1S/C18H29N3/c1-13-9-16(13)12-21(3)18(11-19)15-6-7-17-14(10-15)5-4-8-20(17)2/h6-7,10,13,16,18H,4-5,8-9,11-12,19H2,1-3H3. The van der Waals surface area contributed by atoms with Gasteiger partial charge >= 0.3 is 0 Å². The third-order valence-electron chi connectivity index (χ3n) is 5.39. The van der Waals surface area contributed by atoms with Gasteiger partial charge in [0.05, 0.1) is 0 Å². The van der Waals surface area contributed by atoms with Crippen molar-refractivity contribution in [3.63, 3.8) is 0 Å². The Kier molecular flexibility index (Phi) is 4.23. The average Bonchev–Trinajstić information content (AvgIpc) is 3.15. The zero-order chi connectivity index (χ0) is 15.0. The minimum Gasteiger partial charge on any atom is -0.374 e. The largest absolute Gasteiger partial charge is 0.374 e. The highest BCUT2D eigenvalue weighted by atomic mass is 15.1. The summed E-state index contributed by atoms with van der Waals surface area (Å²) in [6.07, 6.45) is 3.85. The van der Waals surface area contributed by atoms with Crippen molar-refractivity contribution in [1.82, 2.24) is 4.90 Å². The van der Waals surface area contributed by atoms with Crippen molar-refractivity contribution in [2.45, 2.75) is 32.2 Å². The number of rotatable bonds is 5. The summed E-state index contributed by atoms with van der Waals surface area (Å²) in [6.45, 7) is 5.41. The van der Waals surface area contributed by atoms with Crippen LogP contribution in [0.4, 0.5) is 5.69 Å². The van der Waals surface area contributed by atoms with Crippen LogP contribution < -0.4 is 10.6 Å². The molecule has 3 rings (SSSR count). The first-order valence-corrected chi connectivity index (χ1v) is 8.34. The molecule has 3 atom stereocenters. The van der Waals surface area contributed by atoms with E-state index in [2.05, 4.69) is 49.0 Å². The molecule has 1 aromatic rings. The summed E-state index contributed by atoms with van der Waals surface area (Å²) in [5, 5.41) is 0. The molecule has 0 spiro atoms. The van der Waals surface area contributed by atoms with Gasteiger partial charge in [-0.3, -0.25) is 4.90 Å². The first-order valence-electron chi connectivity index (χ1n) is 8.34. The highest BCUT2D eigenvalue weighted by Gasteiger charge is 2.34. The fraction of sp³-hybridized carbons (Fsp3) is 0.667. The van der Waals surface area contributed by atoms with E-state index in [1.807, 2.05) is 0 Å². The van der Waals surface area contributed by atoms with E-state index in [0.29, 0.717) is 12.6 Å². The molecule has 0 bridgehead atoms. The molecule has 2 N–H and O–H groups in total. The summed E-state index contributed by atoms with van der Waals surface area (Å²) in [7, 11) is 4.42. The Balaban J connectivity index is 1.77.